The second-order valence-corrected chi connectivity index (χ2v) is 5.37. The maximum atomic E-state index is 12.9. The molecule has 0 fully saturated rings. The summed E-state index contributed by atoms with van der Waals surface area (Å²) in [6, 6.07) is 3.70. The molecule has 2 N–H and O–H groups in total. The minimum absolute atomic E-state index is 0.121. The third-order valence-electron chi connectivity index (χ3n) is 2.05. The van der Waals surface area contributed by atoms with Gasteiger partial charge in [0.2, 0.25) is 10.0 Å². The smallest absolute Gasteiger partial charge is 0.304 e. The minimum Gasteiger partial charge on any atom is -0.481 e. The van der Waals surface area contributed by atoms with Crippen LogP contribution in [0.15, 0.2) is 18.2 Å². The Morgan fingerprint density at radius 3 is 2.71 bits per heavy atom. The molecule has 0 heterocycles. The largest absolute Gasteiger partial charge is 0.481 e. The molecular weight excluding hydrogens is 249 g/mol. The van der Waals surface area contributed by atoms with E-state index in [4.69, 9.17) is 5.11 Å². The van der Waals surface area contributed by atoms with E-state index < -0.39 is 34.0 Å². The number of sulfonamides is 1. The van der Waals surface area contributed by atoms with Crippen LogP contribution >= 0.6 is 0 Å². The van der Waals surface area contributed by atoms with E-state index in [0.29, 0.717) is 5.56 Å². The lowest BCUT2D eigenvalue weighted by Gasteiger charge is -2.09. The monoisotopic (exact) mass is 261 g/mol. The van der Waals surface area contributed by atoms with Crippen molar-refractivity contribution in [2.75, 3.05) is 10.5 Å². The maximum absolute atomic E-state index is 12.9. The van der Waals surface area contributed by atoms with Gasteiger partial charge in [-0.25, -0.2) is 12.8 Å². The van der Waals surface area contributed by atoms with Gasteiger partial charge in [0.1, 0.15) is 5.82 Å². The molecule has 0 saturated carbocycles. The van der Waals surface area contributed by atoms with E-state index >= 15 is 0 Å². The van der Waals surface area contributed by atoms with Crippen LogP contribution in [0.3, 0.4) is 0 Å². The fourth-order valence-corrected chi connectivity index (χ4v) is 2.24. The number of carboxylic acids is 1. The molecular formula is C10H12FNO4S. The molecule has 1 rings (SSSR count). The van der Waals surface area contributed by atoms with E-state index in [1.807, 2.05) is 0 Å². The average molecular weight is 261 g/mol. The third-order valence-corrected chi connectivity index (χ3v) is 3.32. The number of carbonyl (C=O) groups is 1. The van der Waals surface area contributed by atoms with E-state index in [9.17, 15) is 17.6 Å². The predicted octanol–water partition coefficient (Wildman–Crippen LogP) is 1.35. The summed E-state index contributed by atoms with van der Waals surface area (Å²) in [5.41, 5.74) is 0.681. The van der Waals surface area contributed by atoms with Crippen molar-refractivity contribution in [2.24, 2.45) is 0 Å². The van der Waals surface area contributed by atoms with Crippen molar-refractivity contribution in [3.05, 3.63) is 29.6 Å². The van der Waals surface area contributed by atoms with Crippen LogP contribution in [0.4, 0.5) is 10.1 Å². The van der Waals surface area contributed by atoms with E-state index in [1.165, 1.54) is 12.1 Å². The number of hydrogen-bond acceptors (Lipinski definition) is 3. The topological polar surface area (TPSA) is 83.5 Å². The van der Waals surface area contributed by atoms with Crippen molar-refractivity contribution in [1.29, 1.82) is 0 Å². The molecule has 0 unspecified atom stereocenters. The summed E-state index contributed by atoms with van der Waals surface area (Å²) in [4.78, 5) is 10.3. The van der Waals surface area contributed by atoms with Crippen molar-refractivity contribution >= 4 is 21.7 Å². The second kappa shape index (κ2) is 5.13. The highest BCUT2D eigenvalue weighted by molar-refractivity contribution is 7.92. The minimum atomic E-state index is -3.77. The molecule has 0 bridgehead atoms. The van der Waals surface area contributed by atoms with Gasteiger partial charge in [0, 0.05) is 0 Å². The molecule has 0 aliphatic rings. The summed E-state index contributed by atoms with van der Waals surface area (Å²) in [6.45, 7) is 1.62. The van der Waals surface area contributed by atoms with Gasteiger partial charge in [-0.05, 0) is 24.6 Å². The van der Waals surface area contributed by atoms with Crippen molar-refractivity contribution in [2.45, 2.75) is 13.3 Å². The van der Waals surface area contributed by atoms with Gasteiger partial charge in [0.15, 0.2) is 0 Å². The van der Waals surface area contributed by atoms with E-state index in [1.54, 1.807) is 6.92 Å². The molecule has 0 aliphatic heterocycles. The Morgan fingerprint density at radius 1 is 1.47 bits per heavy atom. The number of nitrogens with one attached hydrogen (secondary N) is 1. The van der Waals surface area contributed by atoms with Crippen molar-refractivity contribution in [1.82, 2.24) is 0 Å². The van der Waals surface area contributed by atoms with Crippen LogP contribution in [0.2, 0.25) is 0 Å². The summed E-state index contributed by atoms with van der Waals surface area (Å²) < 4.78 is 38.0. The summed E-state index contributed by atoms with van der Waals surface area (Å²) >= 11 is 0. The number of halogens is 1. The fraction of sp³-hybridized carbons (Fsp3) is 0.300. The first kappa shape index (κ1) is 13.4. The number of hydrogen-bond donors (Lipinski definition) is 2. The molecule has 0 spiro atoms. The summed E-state index contributed by atoms with van der Waals surface area (Å²) in [7, 11) is -3.77. The zero-order valence-electron chi connectivity index (χ0n) is 9.10. The molecule has 0 radical (unpaired) electrons. The highest BCUT2D eigenvalue weighted by atomic mass is 32.2. The lowest BCUT2D eigenvalue weighted by Crippen LogP contribution is -2.19. The molecule has 94 valence electrons. The molecule has 1 aromatic rings. The molecule has 7 heteroatoms. The molecule has 0 atom stereocenters. The second-order valence-electron chi connectivity index (χ2n) is 3.52. The van der Waals surface area contributed by atoms with Gasteiger partial charge in [-0.2, -0.15) is 0 Å². The summed E-state index contributed by atoms with van der Waals surface area (Å²) in [5, 5.41) is 8.39. The van der Waals surface area contributed by atoms with Crippen LogP contribution in [-0.2, 0) is 14.8 Å². The Bertz CT molecular complexity index is 527. The van der Waals surface area contributed by atoms with E-state index in [2.05, 4.69) is 4.72 Å². The van der Waals surface area contributed by atoms with E-state index in [-0.39, 0.29) is 5.69 Å². The molecule has 17 heavy (non-hydrogen) atoms. The van der Waals surface area contributed by atoms with Gasteiger partial charge in [-0.15, -0.1) is 0 Å². The number of aryl methyl sites for hydroxylation is 1. The zero-order valence-corrected chi connectivity index (χ0v) is 9.92. The number of aliphatic carboxylic acids is 1. The fourth-order valence-electron chi connectivity index (χ4n) is 1.14. The Labute approximate surface area is 98.3 Å². The first-order valence-electron chi connectivity index (χ1n) is 4.78. The van der Waals surface area contributed by atoms with Crippen LogP contribution in [0.1, 0.15) is 12.0 Å². The standard InChI is InChI=1S/C10H12FNO4S/c1-7-2-3-8(11)6-9(7)12-17(15,16)5-4-10(13)14/h2-3,6,12H,4-5H2,1H3,(H,13,14). The lowest BCUT2D eigenvalue weighted by atomic mass is 10.2. The molecule has 0 amide bonds. The highest BCUT2D eigenvalue weighted by Crippen LogP contribution is 2.17. The van der Waals surface area contributed by atoms with Crippen LogP contribution in [-0.4, -0.2) is 25.2 Å². The Kier molecular flexibility index (Phi) is 4.06. The van der Waals surface area contributed by atoms with Gasteiger partial charge in [0.05, 0.1) is 17.9 Å². The number of carboxylic acid groups (broad SMARTS) is 1. The Hall–Kier alpha value is -1.63. The highest BCUT2D eigenvalue weighted by Gasteiger charge is 2.14. The van der Waals surface area contributed by atoms with E-state index in [0.717, 1.165) is 6.07 Å². The van der Waals surface area contributed by atoms with Crippen LogP contribution in [0, 0.1) is 12.7 Å². The molecule has 5 nitrogen and oxygen atoms in total. The zero-order chi connectivity index (χ0) is 13.1. The predicted molar refractivity (Wildman–Crippen MR) is 60.8 cm³/mol. The molecule has 1 aromatic carbocycles. The first-order chi connectivity index (χ1) is 7.80. The number of benzene rings is 1. The molecule has 0 aromatic heterocycles. The number of anilines is 1. The van der Waals surface area contributed by atoms with Crippen LogP contribution in [0.5, 0.6) is 0 Å². The SMILES string of the molecule is Cc1ccc(F)cc1NS(=O)(=O)CCC(=O)O. The Balaban J connectivity index is 2.83. The number of rotatable bonds is 5. The van der Waals surface area contributed by atoms with Crippen LogP contribution in [0.25, 0.3) is 0 Å². The van der Waals surface area contributed by atoms with Gasteiger partial charge >= 0.3 is 5.97 Å². The van der Waals surface area contributed by atoms with Gasteiger partial charge < -0.3 is 5.11 Å². The quantitative estimate of drug-likeness (QED) is 0.838. The van der Waals surface area contributed by atoms with Crippen molar-refractivity contribution in [3.63, 3.8) is 0 Å². The maximum Gasteiger partial charge on any atom is 0.304 e. The molecule has 0 saturated heterocycles. The lowest BCUT2D eigenvalue weighted by molar-refractivity contribution is -0.136. The average Bonchev–Trinajstić information content (AvgIpc) is 2.20. The van der Waals surface area contributed by atoms with Gasteiger partial charge in [0.25, 0.3) is 0 Å². The molecule has 0 aliphatic carbocycles. The first-order valence-corrected chi connectivity index (χ1v) is 6.44. The third kappa shape index (κ3) is 4.39. The normalized spacial score (nSPS) is 11.2. The van der Waals surface area contributed by atoms with Crippen LogP contribution < -0.4 is 4.72 Å². The van der Waals surface area contributed by atoms with Crippen molar-refractivity contribution < 1.29 is 22.7 Å². The van der Waals surface area contributed by atoms with Gasteiger partial charge in [-0.3, -0.25) is 9.52 Å². The van der Waals surface area contributed by atoms with Gasteiger partial charge in [-0.1, -0.05) is 6.07 Å². The van der Waals surface area contributed by atoms with Crippen molar-refractivity contribution in [3.8, 4) is 0 Å². The summed E-state index contributed by atoms with van der Waals surface area (Å²) in [6.07, 6.45) is -0.496. The Morgan fingerprint density at radius 2 is 2.12 bits per heavy atom. The summed E-state index contributed by atoms with van der Waals surface area (Å²) in [5.74, 6) is -2.31.